The Balaban J connectivity index is 1.74. The van der Waals surface area contributed by atoms with Gasteiger partial charge in [0.2, 0.25) is 0 Å². The Morgan fingerprint density at radius 2 is 1.69 bits per heavy atom. The van der Waals surface area contributed by atoms with Crippen molar-refractivity contribution in [3.05, 3.63) is 95.1 Å². The zero-order chi connectivity index (χ0) is 24.6. The maximum absolute atomic E-state index is 14.4. The van der Waals surface area contributed by atoms with E-state index in [9.17, 15) is 19.1 Å². The maximum Gasteiger partial charge on any atom is 0.335 e. The van der Waals surface area contributed by atoms with Gasteiger partial charge in [0, 0.05) is 43.3 Å². The van der Waals surface area contributed by atoms with Gasteiger partial charge in [0.25, 0.3) is 5.91 Å². The Morgan fingerprint density at radius 3 is 2.43 bits per heavy atom. The SMILES string of the molecule is O=C(O)c1ccc2c(c1)CN(Cc1ccccc1F)CCCCCCCN2C(=O)c1cccnc1. The van der Waals surface area contributed by atoms with Gasteiger partial charge < -0.3 is 10.0 Å². The Bertz CT molecular complexity index is 1170. The molecule has 1 aliphatic rings. The number of benzene rings is 2. The number of hydrogen-bond donors (Lipinski definition) is 1. The number of aromatic carboxylic acids is 1. The van der Waals surface area contributed by atoms with Crippen molar-refractivity contribution in [3.63, 3.8) is 0 Å². The van der Waals surface area contributed by atoms with Crippen molar-refractivity contribution in [1.82, 2.24) is 9.88 Å². The molecule has 6 nitrogen and oxygen atoms in total. The van der Waals surface area contributed by atoms with Crippen LogP contribution in [0.4, 0.5) is 10.1 Å². The molecule has 0 spiro atoms. The number of carboxylic acids is 1. The van der Waals surface area contributed by atoms with Crippen LogP contribution in [-0.2, 0) is 13.1 Å². The molecule has 0 saturated heterocycles. The molecular weight excluding hydrogens is 445 g/mol. The highest BCUT2D eigenvalue weighted by Gasteiger charge is 2.23. The van der Waals surface area contributed by atoms with Gasteiger partial charge in [0.15, 0.2) is 0 Å². The van der Waals surface area contributed by atoms with Crippen LogP contribution >= 0.6 is 0 Å². The van der Waals surface area contributed by atoms with Crippen LogP contribution in [0.3, 0.4) is 0 Å². The second kappa shape index (κ2) is 11.7. The maximum atomic E-state index is 14.4. The molecule has 2 aromatic carbocycles. The van der Waals surface area contributed by atoms with E-state index in [2.05, 4.69) is 9.88 Å². The second-order valence-electron chi connectivity index (χ2n) is 8.92. The van der Waals surface area contributed by atoms with Crippen LogP contribution in [0.15, 0.2) is 67.0 Å². The van der Waals surface area contributed by atoms with Crippen LogP contribution in [0, 0.1) is 5.82 Å². The molecule has 1 N–H and O–H groups in total. The van der Waals surface area contributed by atoms with Gasteiger partial charge in [0.1, 0.15) is 5.82 Å². The lowest BCUT2D eigenvalue weighted by Gasteiger charge is -2.30. The van der Waals surface area contributed by atoms with Crippen LogP contribution < -0.4 is 4.90 Å². The molecule has 0 radical (unpaired) electrons. The standard InChI is InChI=1S/C28H30FN3O3/c29-25-11-5-4-9-23(25)19-31-15-6-2-1-3-7-16-32(27(33)22-10-8-14-30-18-22)26-13-12-21(28(34)35)17-24(26)20-31/h4-5,8-14,17-18H,1-3,6-7,15-16,19-20H2,(H,34,35). The normalized spacial score (nSPS) is 15.5. The first-order valence-corrected chi connectivity index (χ1v) is 12.1. The molecule has 1 aliphatic heterocycles. The van der Waals surface area contributed by atoms with E-state index in [4.69, 9.17) is 0 Å². The summed E-state index contributed by atoms with van der Waals surface area (Å²) in [5.74, 6) is -1.45. The van der Waals surface area contributed by atoms with Crippen LogP contribution in [0.1, 0.15) is 63.9 Å². The molecule has 7 heteroatoms. The van der Waals surface area contributed by atoms with Crippen molar-refractivity contribution < 1.29 is 19.1 Å². The molecule has 0 aliphatic carbocycles. The van der Waals surface area contributed by atoms with Crippen molar-refractivity contribution in [2.75, 3.05) is 18.0 Å². The number of carboxylic acid groups (broad SMARTS) is 1. The molecule has 4 rings (SSSR count). The highest BCUT2D eigenvalue weighted by Crippen LogP contribution is 2.28. The Hall–Kier alpha value is -3.58. The lowest BCUT2D eigenvalue weighted by Crippen LogP contribution is -2.34. The van der Waals surface area contributed by atoms with Gasteiger partial charge in [0.05, 0.1) is 11.1 Å². The number of pyridine rings is 1. The highest BCUT2D eigenvalue weighted by atomic mass is 19.1. The zero-order valence-electron chi connectivity index (χ0n) is 19.7. The minimum atomic E-state index is -1.02. The molecule has 1 amide bonds. The van der Waals surface area contributed by atoms with Crippen molar-refractivity contribution in [1.29, 1.82) is 0 Å². The van der Waals surface area contributed by atoms with E-state index in [1.807, 2.05) is 6.07 Å². The number of carbonyl (C=O) groups is 2. The number of hydrogen-bond acceptors (Lipinski definition) is 4. The number of amides is 1. The summed E-state index contributed by atoms with van der Waals surface area (Å²) in [5, 5.41) is 9.63. The van der Waals surface area contributed by atoms with Gasteiger partial charge in [-0.25, -0.2) is 9.18 Å². The van der Waals surface area contributed by atoms with Crippen LogP contribution in [0.2, 0.25) is 0 Å². The molecule has 0 atom stereocenters. The minimum Gasteiger partial charge on any atom is -0.478 e. The number of anilines is 1. The molecule has 0 bridgehead atoms. The summed E-state index contributed by atoms with van der Waals surface area (Å²) < 4.78 is 14.4. The lowest BCUT2D eigenvalue weighted by atomic mass is 10.0. The molecule has 3 aromatic rings. The van der Waals surface area contributed by atoms with E-state index in [0.717, 1.165) is 44.2 Å². The third kappa shape index (κ3) is 6.31. The molecule has 0 unspecified atom stereocenters. The predicted molar refractivity (Wildman–Crippen MR) is 133 cm³/mol. The zero-order valence-corrected chi connectivity index (χ0v) is 19.7. The topological polar surface area (TPSA) is 73.7 Å². The van der Waals surface area contributed by atoms with Crippen LogP contribution in [-0.4, -0.2) is 40.0 Å². The lowest BCUT2D eigenvalue weighted by molar-refractivity contribution is 0.0696. The van der Waals surface area contributed by atoms with Crippen LogP contribution in [0.5, 0.6) is 0 Å². The summed E-state index contributed by atoms with van der Waals surface area (Å²) in [6, 6.07) is 15.1. The summed E-state index contributed by atoms with van der Waals surface area (Å²) in [6.07, 6.45) is 8.10. The van der Waals surface area contributed by atoms with E-state index in [-0.39, 0.29) is 17.3 Å². The Labute approximate surface area is 205 Å². The second-order valence-corrected chi connectivity index (χ2v) is 8.92. The quantitative estimate of drug-likeness (QED) is 0.537. The largest absolute Gasteiger partial charge is 0.478 e. The van der Waals surface area contributed by atoms with Gasteiger partial charge in [-0.05, 0) is 61.3 Å². The summed E-state index contributed by atoms with van der Waals surface area (Å²) in [4.78, 5) is 33.3. The summed E-state index contributed by atoms with van der Waals surface area (Å²) >= 11 is 0. The number of carbonyl (C=O) groups excluding carboxylic acids is 1. The fraction of sp³-hybridized carbons (Fsp3) is 0.321. The van der Waals surface area contributed by atoms with Gasteiger partial charge in [-0.2, -0.15) is 0 Å². The average molecular weight is 476 g/mol. The fourth-order valence-corrected chi connectivity index (χ4v) is 4.54. The first kappa shape index (κ1) is 24.5. The van der Waals surface area contributed by atoms with Gasteiger partial charge in [-0.3, -0.25) is 14.7 Å². The van der Waals surface area contributed by atoms with Crippen LogP contribution in [0.25, 0.3) is 0 Å². The van der Waals surface area contributed by atoms with E-state index in [1.165, 1.54) is 12.1 Å². The molecule has 1 aromatic heterocycles. The van der Waals surface area contributed by atoms with Gasteiger partial charge in [-0.1, -0.05) is 37.5 Å². The third-order valence-electron chi connectivity index (χ3n) is 6.37. The number of nitrogens with zero attached hydrogens (tertiary/aromatic N) is 3. The first-order chi connectivity index (χ1) is 17.0. The van der Waals surface area contributed by atoms with Crippen molar-refractivity contribution in [3.8, 4) is 0 Å². The molecule has 35 heavy (non-hydrogen) atoms. The van der Waals surface area contributed by atoms with E-state index in [0.29, 0.717) is 36.4 Å². The number of aromatic nitrogens is 1. The number of rotatable bonds is 4. The van der Waals surface area contributed by atoms with Crippen molar-refractivity contribution in [2.45, 2.75) is 45.2 Å². The number of halogens is 1. The fourth-order valence-electron chi connectivity index (χ4n) is 4.54. The first-order valence-electron chi connectivity index (χ1n) is 12.1. The average Bonchev–Trinajstić information content (AvgIpc) is 2.86. The van der Waals surface area contributed by atoms with Gasteiger partial charge >= 0.3 is 5.97 Å². The van der Waals surface area contributed by atoms with E-state index >= 15 is 0 Å². The molecule has 182 valence electrons. The van der Waals surface area contributed by atoms with Crippen molar-refractivity contribution in [2.24, 2.45) is 0 Å². The molecule has 2 heterocycles. The monoisotopic (exact) mass is 475 g/mol. The Kier molecular flexibility index (Phi) is 8.21. The van der Waals surface area contributed by atoms with E-state index < -0.39 is 5.97 Å². The highest BCUT2D eigenvalue weighted by molar-refractivity contribution is 6.06. The predicted octanol–water partition coefficient (Wildman–Crippen LogP) is 5.53. The molecular formula is C28H30FN3O3. The minimum absolute atomic E-state index is 0.162. The van der Waals surface area contributed by atoms with E-state index in [1.54, 1.807) is 53.7 Å². The van der Waals surface area contributed by atoms with Crippen molar-refractivity contribution >= 4 is 17.6 Å². The third-order valence-corrected chi connectivity index (χ3v) is 6.37. The summed E-state index contributed by atoms with van der Waals surface area (Å²) in [7, 11) is 0. The smallest absolute Gasteiger partial charge is 0.335 e. The summed E-state index contributed by atoms with van der Waals surface area (Å²) in [6.45, 7) is 2.09. The number of fused-ring (bicyclic) bond motifs is 1. The molecule has 0 saturated carbocycles. The summed E-state index contributed by atoms with van der Waals surface area (Å²) in [5.41, 5.74) is 2.66. The molecule has 0 fully saturated rings. The van der Waals surface area contributed by atoms with Gasteiger partial charge in [-0.15, -0.1) is 0 Å². The Morgan fingerprint density at radius 1 is 0.914 bits per heavy atom.